The minimum absolute atomic E-state index is 0. The van der Waals surface area contributed by atoms with Crippen molar-refractivity contribution < 1.29 is 4.79 Å². The molecule has 1 saturated heterocycles. The molecule has 3 nitrogen and oxygen atoms in total. The molecular formula is C13H20Cl2N2OS. The van der Waals surface area contributed by atoms with Gasteiger partial charge in [0.25, 0.3) is 5.91 Å². The summed E-state index contributed by atoms with van der Waals surface area (Å²) in [6, 6.07) is 3.61. The van der Waals surface area contributed by atoms with E-state index in [0.29, 0.717) is 10.3 Å². The molecule has 0 unspecified atom stereocenters. The lowest BCUT2D eigenvalue weighted by molar-refractivity contribution is 0.0695. The summed E-state index contributed by atoms with van der Waals surface area (Å²) in [6.07, 6.45) is 2.19. The molecule has 0 bridgehead atoms. The lowest BCUT2D eigenvalue weighted by Crippen LogP contribution is -2.40. The molecule has 2 rings (SSSR count). The zero-order chi connectivity index (χ0) is 13.0. The normalized spacial score (nSPS) is 16.2. The van der Waals surface area contributed by atoms with E-state index in [1.54, 1.807) is 6.07 Å². The Bertz CT molecular complexity index is 403. The van der Waals surface area contributed by atoms with Crippen LogP contribution in [0.4, 0.5) is 0 Å². The van der Waals surface area contributed by atoms with Gasteiger partial charge in [0, 0.05) is 13.1 Å². The van der Waals surface area contributed by atoms with E-state index in [-0.39, 0.29) is 18.3 Å². The Morgan fingerprint density at radius 1 is 1.47 bits per heavy atom. The fourth-order valence-corrected chi connectivity index (χ4v) is 3.28. The van der Waals surface area contributed by atoms with Crippen molar-refractivity contribution in [3.63, 3.8) is 0 Å². The first kappa shape index (κ1) is 16.8. The van der Waals surface area contributed by atoms with Crippen LogP contribution in [-0.2, 0) is 0 Å². The van der Waals surface area contributed by atoms with E-state index in [0.717, 1.165) is 43.9 Å². The van der Waals surface area contributed by atoms with Crippen LogP contribution in [-0.4, -0.2) is 37.0 Å². The molecule has 0 spiro atoms. The summed E-state index contributed by atoms with van der Waals surface area (Å²) in [5.74, 6) is 0.842. The largest absolute Gasteiger partial charge is 0.338 e. The molecular weight excluding hydrogens is 303 g/mol. The van der Waals surface area contributed by atoms with Crippen LogP contribution in [0.1, 0.15) is 29.4 Å². The van der Waals surface area contributed by atoms with Crippen molar-refractivity contribution in [2.45, 2.75) is 19.8 Å². The van der Waals surface area contributed by atoms with Crippen LogP contribution in [0.3, 0.4) is 0 Å². The smallest absolute Gasteiger partial charge is 0.263 e. The van der Waals surface area contributed by atoms with Gasteiger partial charge in [-0.25, -0.2) is 0 Å². The second kappa shape index (κ2) is 8.10. The third-order valence-electron chi connectivity index (χ3n) is 3.37. The molecule has 1 aromatic heterocycles. The van der Waals surface area contributed by atoms with Gasteiger partial charge in [-0.1, -0.05) is 18.5 Å². The van der Waals surface area contributed by atoms with Gasteiger partial charge in [-0.2, -0.15) is 0 Å². The number of piperidine rings is 1. The molecule has 1 N–H and O–H groups in total. The van der Waals surface area contributed by atoms with Gasteiger partial charge < -0.3 is 10.2 Å². The molecule has 0 saturated carbocycles. The third kappa shape index (κ3) is 4.63. The Balaban J connectivity index is 0.00000180. The maximum Gasteiger partial charge on any atom is 0.263 e. The van der Waals surface area contributed by atoms with Crippen molar-refractivity contribution in [2.24, 2.45) is 5.92 Å². The number of rotatable bonds is 4. The predicted octanol–water partition coefficient (Wildman–Crippen LogP) is 3.29. The zero-order valence-corrected chi connectivity index (χ0v) is 13.4. The topological polar surface area (TPSA) is 32.3 Å². The van der Waals surface area contributed by atoms with Crippen LogP contribution in [0.25, 0.3) is 0 Å². The Hall–Kier alpha value is -0.290. The summed E-state index contributed by atoms with van der Waals surface area (Å²) in [6.45, 7) is 5.95. The number of thiophene rings is 1. The first-order valence-electron chi connectivity index (χ1n) is 6.46. The van der Waals surface area contributed by atoms with Crippen LogP contribution in [0, 0.1) is 5.92 Å². The third-order valence-corrected chi connectivity index (χ3v) is 4.59. The van der Waals surface area contributed by atoms with E-state index in [9.17, 15) is 4.79 Å². The summed E-state index contributed by atoms with van der Waals surface area (Å²) in [5, 5.41) is 3.38. The van der Waals surface area contributed by atoms with Gasteiger partial charge in [-0.15, -0.1) is 23.7 Å². The number of hydrogen-bond donors (Lipinski definition) is 1. The number of carbonyl (C=O) groups excluding carboxylic acids is 1. The van der Waals surface area contributed by atoms with Crippen LogP contribution < -0.4 is 5.32 Å². The van der Waals surface area contributed by atoms with Gasteiger partial charge >= 0.3 is 0 Å². The van der Waals surface area contributed by atoms with Crippen LogP contribution >= 0.6 is 35.3 Å². The Kier molecular flexibility index (Phi) is 7.15. The lowest BCUT2D eigenvalue weighted by atomic mass is 9.96. The summed E-state index contributed by atoms with van der Waals surface area (Å²) in [5.41, 5.74) is 0. The minimum atomic E-state index is 0. The average Bonchev–Trinajstić information content (AvgIpc) is 2.83. The molecule has 2 heterocycles. The van der Waals surface area contributed by atoms with Gasteiger partial charge in [-0.05, 0) is 44.0 Å². The maximum atomic E-state index is 12.2. The summed E-state index contributed by atoms with van der Waals surface area (Å²) < 4.78 is 0.681. The zero-order valence-electron chi connectivity index (χ0n) is 11.0. The van der Waals surface area contributed by atoms with Gasteiger partial charge in [0.05, 0.1) is 9.21 Å². The number of halogens is 2. The van der Waals surface area contributed by atoms with E-state index >= 15 is 0 Å². The predicted molar refractivity (Wildman–Crippen MR) is 83.7 cm³/mol. The highest BCUT2D eigenvalue weighted by Gasteiger charge is 2.24. The first-order valence-corrected chi connectivity index (χ1v) is 7.65. The van der Waals surface area contributed by atoms with E-state index < -0.39 is 0 Å². The Labute approximate surface area is 129 Å². The fraction of sp³-hybridized carbons (Fsp3) is 0.615. The number of nitrogens with zero attached hydrogens (tertiary/aromatic N) is 1. The maximum absolute atomic E-state index is 12.2. The Morgan fingerprint density at radius 3 is 2.68 bits per heavy atom. The van der Waals surface area contributed by atoms with Gasteiger partial charge in [-0.3, -0.25) is 4.79 Å². The van der Waals surface area contributed by atoms with Crippen molar-refractivity contribution >= 4 is 41.3 Å². The molecule has 0 aliphatic carbocycles. The van der Waals surface area contributed by atoms with Crippen molar-refractivity contribution in [1.82, 2.24) is 10.2 Å². The van der Waals surface area contributed by atoms with Crippen LogP contribution in [0.15, 0.2) is 12.1 Å². The highest BCUT2D eigenvalue weighted by Crippen LogP contribution is 2.25. The molecule has 0 radical (unpaired) electrons. The molecule has 1 aliphatic heterocycles. The molecule has 0 aromatic carbocycles. The molecule has 0 atom stereocenters. The quantitative estimate of drug-likeness (QED) is 0.922. The van der Waals surface area contributed by atoms with Crippen LogP contribution in [0.2, 0.25) is 4.34 Å². The minimum Gasteiger partial charge on any atom is -0.338 e. The van der Waals surface area contributed by atoms with Gasteiger partial charge in [0.1, 0.15) is 0 Å². The average molecular weight is 323 g/mol. The van der Waals surface area contributed by atoms with Gasteiger partial charge in [0.2, 0.25) is 0 Å². The number of likely N-dealkylation sites (tertiary alicyclic amines) is 1. The number of carbonyl (C=O) groups is 1. The molecule has 108 valence electrons. The van der Waals surface area contributed by atoms with E-state index in [2.05, 4.69) is 12.2 Å². The number of nitrogens with one attached hydrogen (secondary N) is 1. The molecule has 6 heteroatoms. The van der Waals surface area contributed by atoms with Crippen molar-refractivity contribution in [3.05, 3.63) is 21.3 Å². The first-order chi connectivity index (χ1) is 8.70. The SMILES string of the molecule is CCNCC1CCN(C(=O)c2ccc(Cl)s2)CC1.Cl. The highest BCUT2D eigenvalue weighted by atomic mass is 35.5. The fourth-order valence-electron chi connectivity index (χ4n) is 2.27. The van der Waals surface area contributed by atoms with E-state index in [1.165, 1.54) is 11.3 Å². The summed E-state index contributed by atoms with van der Waals surface area (Å²) in [4.78, 5) is 14.9. The van der Waals surface area contributed by atoms with Crippen molar-refractivity contribution in [1.29, 1.82) is 0 Å². The second-order valence-electron chi connectivity index (χ2n) is 4.65. The number of hydrogen-bond acceptors (Lipinski definition) is 3. The standard InChI is InChI=1S/C13H19ClN2OS.ClH/c1-2-15-9-10-5-7-16(8-6-10)13(17)11-3-4-12(14)18-11;/h3-4,10,15H,2,5-9H2,1H3;1H. The monoisotopic (exact) mass is 322 g/mol. The van der Waals surface area contributed by atoms with E-state index in [1.807, 2.05) is 11.0 Å². The highest BCUT2D eigenvalue weighted by molar-refractivity contribution is 7.17. The lowest BCUT2D eigenvalue weighted by Gasteiger charge is -2.31. The summed E-state index contributed by atoms with van der Waals surface area (Å²) in [7, 11) is 0. The number of amides is 1. The summed E-state index contributed by atoms with van der Waals surface area (Å²) >= 11 is 7.23. The molecule has 19 heavy (non-hydrogen) atoms. The molecule has 1 aromatic rings. The van der Waals surface area contributed by atoms with Crippen molar-refractivity contribution in [3.8, 4) is 0 Å². The van der Waals surface area contributed by atoms with Crippen molar-refractivity contribution in [2.75, 3.05) is 26.2 Å². The Morgan fingerprint density at radius 2 is 2.16 bits per heavy atom. The molecule has 1 aliphatic rings. The molecule has 1 fully saturated rings. The van der Waals surface area contributed by atoms with Gasteiger partial charge in [0.15, 0.2) is 0 Å². The second-order valence-corrected chi connectivity index (χ2v) is 6.36. The van der Waals surface area contributed by atoms with Crippen LogP contribution in [0.5, 0.6) is 0 Å². The van der Waals surface area contributed by atoms with E-state index in [4.69, 9.17) is 11.6 Å². The molecule has 1 amide bonds.